The highest BCUT2D eigenvalue weighted by Crippen LogP contribution is 2.34. The molecule has 2 atom stereocenters. The largest absolute Gasteiger partial charge is 0.444 e. The molecule has 2 aromatic rings. The molecule has 0 radical (unpaired) electrons. The van der Waals surface area contributed by atoms with Gasteiger partial charge >= 0.3 is 6.09 Å². The van der Waals surface area contributed by atoms with Crippen LogP contribution in [0.4, 0.5) is 4.79 Å². The maximum absolute atomic E-state index is 14.5. The number of para-hydroxylation sites is 2. The highest BCUT2D eigenvalue weighted by molar-refractivity contribution is 5.95. The lowest BCUT2D eigenvalue weighted by atomic mass is 9.91. The molecule has 0 bridgehead atoms. The first-order valence-electron chi connectivity index (χ1n) is 15.2. The van der Waals surface area contributed by atoms with Crippen molar-refractivity contribution in [1.29, 1.82) is 0 Å². The maximum atomic E-state index is 14.5. The Morgan fingerprint density at radius 3 is 2.50 bits per heavy atom. The van der Waals surface area contributed by atoms with Gasteiger partial charge < -0.3 is 33.5 Å². The molecule has 1 aliphatic carbocycles. The summed E-state index contributed by atoms with van der Waals surface area (Å²) >= 11 is 0. The van der Waals surface area contributed by atoms with Crippen molar-refractivity contribution in [2.24, 2.45) is 11.8 Å². The van der Waals surface area contributed by atoms with Gasteiger partial charge in [-0.15, -0.1) is 0 Å². The monoisotopic (exact) mass is 583 g/mol. The first-order chi connectivity index (χ1) is 20.1. The number of piperidine rings is 1. The van der Waals surface area contributed by atoms with Gasteiger partial charge in [0.05, 0.1) is 36.2 Å². The number of nitrogens with zero attached hydrogens (tertiary/aromatic N) is 5. The molecule has 3 heterocycles. The van der Waals surface area contributed by atoms with Gasteiger partial charge in [-0.2, -0.15) is 0 Å². The SMILES string of the molecule is COCCCn1c(C(=O)N(CC2CC2)[C@H]2C[C@@H](C(=O)N3CCOCC3)CN(C(=O)OC(C)(C)C)C2)nc2ccccc21. The van der Waals surface area contributed by atoms with E-state index in [4.69, 9.17) is 19.2 Å². The maximum Gasteiger partial charge on any atom is 0.410 e. The van der Waals surface area contributed by atoms with E-state index < -0.39 is 17.6 Å². The Kier molecular flexibility index (Phi) is 9.37. The van der Waals surface area contributed by atoms with Crippen molar-refractivity contribution < 1.29 is 28.6 Å². The number of aromatic nitrogens is 2. The molecule has 11 nitrogen and oxygen atoms in total. The van der Waals surface area contributed by atoms with Gasteiger partial charge in [0.25, 0.3) is 5.91 Å². The third-order valence-corrected chi connectivity index (χ3v) is 8.18. The minimum absolute atomic E-state index is 0.00202. The Morgan fingerprint density at radius 2 is 1.81 bits per heavy atom. The van der Waals surface area contributed by atoms with E-state index in [2.05, 4.69) is 0 Å². The van der Waals surface area contributed by atoms with Crippen LogP contribution in [0.3, 0.4) is 0 Å². The Hall–Kier alpha value is -3.18. The summed E-state index contributed by atoms with van der Waals surface area (Å²) in [6.07, 6.45) is 2.89. The molecule has 1 aromatic carbocycles. The molecule has 3 fully saturated rings. The summed E-state index contributed by atoms with van der Waals surface area (Å²) < 4.78 is 18.5. The second kappa shape index (κ2) is 13.0. The van der Waals surface area contributed by atoms with Gasteiger partial charge in [0.2, 0.25) is 5.91 Å². The number of benzene rings is 1. The molecular weight excluding hydrogens is 538 g/mol. The van der Waals surface area contributed by atoms with Crippen molar-refractivity contribution in [3.8, 4) is 0 Å². The lowest BCUT2D eigenvalue weighted by molar-refractivity contribution is -0.142. The number of imidazole rings is 1. The van der Waals surface area contributed by atoms with Crippen LogP contribution in [0.5, 0.6) is 0 Å². The predicted octanol–water partition coefficient (Wildman–Crippen LogP) is 3.41. The van der Waals surface area contributed by atoms with Gasteiger partial charge in [-0.05, 0) is 64.5 Å². The van der Waals surface area contributed by atoms with E-state index in [-0.39, 0.29) is 24.4 Å². The first-order valence-corrected chi connectivity index (χ1v) is 15.2. The molecule has 1 aromatic heterocycles. The Labute approximate surface area is 248 Å². The van der Waals surface area contributed by atoms with E-state index in [0.29, 0.717) is 70.7 Å². The highest BCUT2D eigenvalue weighted by Gasteiger charge is 2.43. The number of ether oxygens (including phenoxy) is 3. The quantitative estimate of drug-likeness (QED) is 0.417. The summed E-state index contributed by atoms with van der Waals surface area (Å²) in [4.78, 5) is 51.7. The third kappa shape index (κ3) is 7.23. The number of likely N-dealkylation sites (tertiary alicyclic amines) is 1. The number of aryl methyl sites for hydroxylation is 1. The second-order valence-corrected chi connectivity index (χ2v) is 12.7. The topological polar surface area (TPSA) is 106 Å². The summed E-state index contributed by atoms with van der Waals surface area (Å²) in [7, 11) is 1.67. The predicted molar refractivity (Wildman–Crippen MR) is 157 cm³/mol. The number of morpholine rings is 1. The van der Waals surface area contributed by atoms with Crippen LogP contribution in [0.2, 0.25) is 0 Å². The first kappa shape index (κ1) is 30.3. The van der Waals surface area contributed by atoms with E-state index in [1.807, 2.05) is 59.4 Å². The van der Waals surface area contributed by atoms with Gasteiger partial charge in [0.15, 0.2) is 5.82 Å². The summed E-state index contributed by atoms with van der Waals surface area (Å²) in [6, 6.07) is 7.44. The van der Waals surface area contributed by atoms with Crippen LogP contribution < -0.4 is 0 Å². The number of hydrogen-bond acceptors (Lipinski definition) is 7. The molecule has 3 aliphatic rings. The molecule has 2 aliphatic heterocycles. The number of fused-ring (bicyclic) bond motifs is 1. The number of carbonyl (C=O) groups is 3. The van der Waals surface area contributed by atoms with Gasteiger partial charge in [0.1, 0.15) is 5.60 Å². The van der Waals surface area contributed by atoms with E-state index in [1.165, 1.54) is 0 Å². The number of hydrogen-bond donors (Lipinski definition) is 0. The van der Waals surface area contributed by atoms with Gasteiger partial charge in [-0.1, -0.05) is 12.1 Å². The zero-order valence-corrected chi connectivity index (χ0v) is 25.4. The molecular formula is C31H45N5O6. The standard InChI is InChI=1S/C31H45N5O6/c1-31(2,3)42-30(39)34-20-23(28(37)33-13-16-41-17-14-33)18-24(21-34)36(19-22-10-11-22)29(38)27-32-25-8-5-6-9-26(25)35(27)12-7-15-40-4/h5-6,8-9,22-24H,7,10-21H2,1-4H3/t23-,24+/m1/s1. The van der Waals surface area contributed by atoms with Crippen LogP contribution in [0.1, 0.15) is 57.1 Å². The van der Waals surface area contributed by atoms with E-state index in [0.717, 1.165) is 30.3 Å². The fourth-order valence-electron chi connectivity index (χ4n) is 5.93. The summed E-state index contributed by atoms with van der Waals surface area (Å²) in [5.41, 5.74) is 0.997. The van der Waals surface area contributed by atoms with Crippen molar-refractivity contribution in [3.63, 3.8) is 0 Å². The zero-order valence-electron chi connectivity index (χ0n) is 25.4. The molecule has 3 amide bonds. The summed E-state index contributed by atoms with van der Waals surface area (Å²) in [5.74, 6) is 0.194. The number of methoxy groups -OCH3 is 1. The highest BCUT2D eigenvalue weighted by atomic mass is 16.6. The smallest absolute Gasteiger partial charge is 0.410 e. The molecule has 11 heteroatoms. The number of rotatable bonds is 9. The van der Waals surface area contributed by atoms with Crippen LogP contribution in [0.15, 0.2) is 24.3 Å². The van der Waals surface area contributed by atoms with Crippen LogP contribution in [-0.2, 0) is 25.5 Å². The van der Waals surface area contributed by atoms with Crippen molar-refractivity contribution in [2.45, 2.75) is 64.6 Å². The van der Waals surface area contributed by atoms with E-state index >= 15 is 0 Å². The second-order valence-electron chi connectivity index (χ2n) is 12.7. The van der Waals surface area contributed by atoms with Gasteiger partial charge in [0, 0.05) is 53.0 Å². The fourth-order valence-corrected chi connectivity index (χ4v) is 5.93. The lowest BCUT2D eigenvalue weighted by Gasteiger charge is -2.43. The van der Waals surface area contributed by atoms with Crippen LogP contribution in [0, 0.1) is 11.8 Å². The number of amides is 3. The zero-order chi connectivity index (χ0) is 29.9. The molecule has 42 heavy (non-hydrogen) atoms. The molecule has 0 spiro atoms. The van der Waals surface area contributed by atoms with E-state index in [1.54, 1.807) is 12.0 Å². The van der Waals surface area contributed by atoms with E-state index in [9.17, 15) is 14.4 Å². The fraction of sp³-hybridized carbons (Fsp3) is 0.677. The van der Waals surface area contributed by atoms with Crippen molar-refractivity contribution in [2.75, 3.05) is 59.7 Å². The normalized spacial score (nSPS) is 21.4. The average molecular weight is 584 g/mol. The van der Waals surface area contributed by atoms with Gasteiger partial charge in [-0.25, -0.2) is 9.78 Å². The Morgan fingerprint density at radius 1 is 1.07 bits per heavy atom. The van der Waals surface area contributed by atoms with Crippen molar-refractivity contribution >= 4 is 28.9 Å². The third-order valence-electron chi connectivity index (χ3n) is 8.18. The summed E-state index contributed by atoms with van der Waals surface area (Å²) in [6.45, 7) is 9.89. The van der Waals surface area contributed by atoms with Crippen LogP contribution in [-0.4, -0.2) is 113 Å². The molecule has 0 unspecified atom stereocenters. The minimum atomic E-state index is -0.676. The Bertz CT molecular complexity index is 1260. The van der Waals surface area contributed by atoms with Crippen LogP contribution in [0.25, 0.3) is 11.0 Å². The molecule has 5 rings (SSSR count). The molecule has 1 saturated carbocycles. The molecule has 2 saturated heterocycles. The molecule has 0 N–H and O–H groups in total. The average Bonchev–Trinajstić information content (AvgIpc) is 3.73. The number of carbonyl (C=O) groups excluding carboxylic acids is 3. The van der Waals surface area contributed by atoms with Crippen LogP contribution >= 0.6 is 0 Å². The minimum Gasteiger partial charge on any atom is -0.444 e. The van der Waals surface area contributed by atoms with Crippen molar-refractivity contribution in [3.05, 3.63) is 30.1 Å². The Balaban J connectivity index is 1.46. The van der Waals surface area contributed by atoms with Gasteiger partial charge in [-0.3, -0.25) is 9.59 Å². The summed E-state index contributed by atoms with van der Waals surface area (Å²) in [5, 5.41) is 0. The lowest BCUT2D eigenvalue weighted by Crippen LogP contribution is -2.58. The van der Waals surface area contributed by atoms with Crippen molar-refractivity contribution in [1.82, 2.24) is 24.3 Å². The molecule has 230 valence electrons.